The van der Waals surface area contributed by atoms with E-state index < -0.39 is 10.2 Å². The normalized spacial score (nSPS) is 14.9. The third-order valence-electron chi connectivity index (χ3n) is 6.79. The molecule has 0 atom stereocenters. The topological polar surface area (TPSA) is 70.9 Å². The minimum Gasteiger partial charge on any atom is -0.493 e. The Morgan fingerprint density at radius 2 is 1.66 bits per heavy atom. The highest BCUT2D eigenvalue weighted by Gasteiger charge is 2.29. The summed E-state index contributed by atoms with van der Waals surface area (Å²) in [7, 11) is -0.267. The zero-order chi connectivity index (χ0) is 26.7. The number of imidazole rings is 1. The minimum atomic E-state index is -3.41. The smallest absolute Gasteiger partial charge is 0.281 e. The van der Waals surface area contributed by atoms with E-state index in [0.29, 0.717) is 50.8 Å². The Bertz CT molecular complexity index is 1480. The molecule has 1 aromatic heterocycles. The zero-order valence-corrected chi connectivity index (χ0v) is 23.2. The molecule has 0 aliphatic carbocycles. The number of fused-ring (bicyclic) bond motifs is 1. The first kappa shape index (κ1) is 26.5. The molecular formula is C28H32ClN5O3S. The number of piperazine rings is 1. The fourth-order valence-electron chi connectivity index (χ4n) is 4.68. The maximum atomic E-state index is 12.5. The van der Waals surface area contributed by atoms with Crippen molar-refractivity contribution in [1.29, 1.82) is 0 Å². The van der Waals surface area contributed by atoms with E-state index >= 15 is 0 Å². The van der Waals surface area contributed by atoms with E-state index in [1.165, 1.54) is 8.61 Å². The summed E-state index contributed by atoms with van der Waals surface area (Å²) in [5.74, 6) is 1.79. The van der Waals surface area contributed by atoms with Crippen LogP contribution in [0.15, 0.2) is 72.8 Å². The van der Waals surface area contributed by atoms with Gasteiger partial charge < -0.3 is 14.2 Å². The summed E-state index contributed by atoms with van der Waals surface area (Å²) in [6.45, 7) is 3.33. The molecule has 38 heavy (non-hydrogen) atoms. The highest BCUT2D eigenvalue weighted by atomic mass is 35.5. The molecule has 5 rings (SSSR count). The number of rotatable bonds is 9. The van der Waals surface area contributed by atoms with E-state index in [0.717, 1.165) is 33.9 Å². The van der Waals surface area contributed by atoms with Crippen molar-refractivity contribution < 1.29 is 13.2 Å². The molecule has 10 heteroatoms. The Morgan fingerprint density at radius 1 is 0.947 bits per heavy atom. The predicted octanol–water partition coefficient (Wildman–Crippen LogP) is 4.29. The zero-order valence-electron chi connectivity index (χ0n) is 21.6. The van der Waals surface area contributed by atoms with E-state index in [1.54, 1.807) is 14.1 Å². The van der Waals surface area contributed by atoms with Crippen molar-refractivity contribution in [3.8, 4) is 5.75 Å². The summed E-state index contributed by atoms with van der Waals surface area (Å²) in [5, 5.41) is 0.707. The third-order valence-corrected chi connectivity index (χ3v) is 8.99. The second-order valence-electron chi connectivity index (χ2n) is 9.50. The molecule has 0 spiro atoms. The lowest BCUT2D eigenvalue weighted by Gasteiger charge is -2.36. The summed E-state index contributed by atoms with van der Waals surface area (Å²) in [4.78, 5) is 7.19. The maximum Gasteiger partial charge on any atom is 0.281 e. The van der Waals surface area contributed by atoms with Gasteiger partial charge in [-0.1, -0.05) is 41.9 Å². The maximum absolute atomic E-state index is 12.5. The number of hydrogen-bond acceptors (Lipinski definition) is 5. The van der Waals surface area contributed by atoms with Crippen molar-refractivity contribution in [1.82, 2.24) is 18.2 Å². The Balaban J connectivity index is 1.40. The summed E-state index contributed by atoms with van der Waals surface area (Å²) >= 11 is 6.12. The van der Waals surface area contributed by atoms with Crippen LogP contribution in [-0.2, 0) is 23.2 Å². The number of nitrogens with zero attached hydrogens (tertiary/aromatic N) is 5. The monoisotopic (exact) mass is 553 g/mol. The van der Waals surface area contributed by atoms with E-state index in [9.17, 15) is 8.42 Å². The van der Waals surface area contributed by atoms with Crippen LogP contribution in [0.4, 0.5) is 5.69 Å². The molecule has 200 valence electrons. The SMILES string of the molecule is CN(C)S(=O)(=O)N1CCN(c2ccc3nc(CCOc4ccccc4)n(Cc4ccc(Cl)cc4)c3c2)CC1. The summed E-state index contributed by atoms with van der Waals surface area (Å²) in [5.41, 5.74) is 4.15. The van der Waals surface area contributed by atoms with Crippen LogP contribution in [-0.4, -0.2) is 73.5 Å². The van der Waals surface area contributed by atoms with Crippen LogP contribution in [0.25, 0.3) is 11.0 Å². The van der Waals surface area contributed by atoms with Gasteiger partial charge in [0.05, 0.1) is 17.6 Å². The third kappa shape index (κ3) is 5.81. The molecule has 0 unspecified atom stereocenters. The van der Waals surface area contributed by atoms with Crippen molar-refractivity contribution >= 4 is 38.5 Å². The highest BCUT2D eigenvalue weighted by Crippen LogP contribution is 2.26. The van der Waals surface area contributed by atoms with Crippen molar-refractivity contribution in [3.05, 3.63) is 89.2 Å². The summed E-state index contributed by atoms with van der Waals surface area (Å²) < 4.78 is 36.1. The van der Waals surface area contributed by atoms with Crippen LogP contribution < -0.4 is 9.64 Å². The predicted molar refractivity (Wildman–Crippen MR) is 152 cm³/mol. The molecule has 1 saturated heterocycles. The van der Waals surface area contributed by atoms with Gasteiger partial charge in [-0.15, -0.1) is 0 Å². The fourth-order valence-corrected chi connectivity index (χ4v) is 5.89. The van der Waals surface area contributed by atoms with Gasteiger partial charge in [-0.2, -0.15) is 17.0 Å². The number of benzene rings is 3. The first-order valence-electron chi connectivity index (χ1n) is 12.7. The molecule has 0 saturated carbocycles. The number of para-hydroxylation sites is 1. The second kappa shape index (κ2) is 11.3. The first-order chi connectivity index (χ1) is 18.3. The average molecular weight is 554 g/mol. The van der Waals surface area contributed by atoms with Crippen molar-refractivity contribution in [2.24, 2.45) is 0 Å². The largest absolute Gasteiger partial charge is 0.493 e. The lowest BCUT2D eigenvalue weighted by molar-refractivity contribution is 0.317. The van der Waals surface area contributed by atoms with Gasteiger partial charge in [0.25, 0.3) is 10.2 Å². The molecule has 3 aromatic carbocycles. The van der Waals surface area contributed by atoms with Crippen LogP contribution in [0.1, 0.15) is 11.4 Å². The average Bonchev–Trinajstić information content (AvgIpc) is 3.26. The fraction of sp³-hybridized carbons (Fsp3) is 0.321. The van der Waals surface area contributed by atoms with Crippen molar-refractivity contribution in [3.63, 3.8) is 0 Å². The molecule has 2 heterocycles. The highest BCUT2D eigenvalue weighted by molar-refractivity contribution is 7.86. The van der Waals surface area contributed by atoms with Gasteiger partial charge in [0.1, 0.15) is 11.6 Å². The van der Waals surface area contributed by atoms with Gasteiger partial charge in [0, 0.05) is 63.9 Å². The number of hydrogen-bond donors (Lipinski definition) is 0. The Hall–Kier alpha value is -3.11. The molecule has 8 nitrogen and oxygen atoms in total. The Morgan fingerprint density at radius 3 is 2.34 bits per heavy atom. The minimum absolute atomic E-state index is 0.449. The molecule has 0 bridgehead atoms. The summed E-state index contributed by atoms with van der Waals surface area (Å²) in [6.07, 6.45) is 0.660. The molecule has 1 fully saturated rings. The standard InChI is InChI=1S/C28H32ClN5O3S/c1-31(2)38(35,36)33-17-15-32(16-18-33)24-12-13-26-27(20-24)34(21-22-8-10-23(29)11-9-22)28(30-26)14-19-37-25-6-4-3-5-7-25/h3-13,20H,14-19,21H2,1-2H3. The van der Waals surface area contributed by atoms with Crippen LogP contribution >= 0.6 is 11.6 Å². The number of anilines is 1. The lowest BCUT2D eigenvalue weighted by atomic mass is 10.2. The molecule has 4 aromatic rings. The van der Waals surface area contributed by atoms with Gasteiger partial charge in [0.2, 0.25) is 0 Å². The number of aromatic nitrogens is 2. The van der Waals surface area contributed by atoms with Crippen LogP contribution in [0, 0.1) is 0 Å². The quantitative estimate of drug-likeness (QED) is 0.309. The molecule has 1 aliphatic rings. The van der Waals surface area contributed by atoms with E-state index in [4.69, 9.17) is 21.3 Å². The van der Waals surface area contributed by atoms with Crippen LogP contribution in [0.3, 0.4) is 0 Å². The van der Waals surface area contributed by atoms with E-state index in [2.05, 4.69) is 21.6 Å². The van der Waals surface area contributed by atoms with Crippen LogP contribution in [0.5, 0.6) is 5.75 Å². The van der Waals surface area contributed by atoms with Gasteiger partial charge in [-0.25, -0.2) is 4.98 Å². The van der Waals surface area contributed by atoms with Gasteiger partial charge in [-0.3, -0.25) is 0 Å². The second-order valence-corrected chi connectivity index (χ2v) is 12.1. The Kier molecular flexibility index (Phi) is 7.90. The van der Waals surface area contributed by atoms with Gasteiger partial charge in [-0.05, 0) is 48.0 Å². The molecule has 0 amide bonds. The molecule has 0 N–H and O–H groups in total. The number of halogens is 1. The van der Waals surface area contributed by atoms with Crippen molar-refractivity contribution in [2.45, 2.75) is 13.0 Å². The van der Waals surface area contributed by atoms with E-state index in [-0.39, 0.29) is 0 Å². The van der Waals surface area contributed by atoms with Gasteiger partial charge >= 0.3 is 0 Å². The molecule has 0 radical (unpaired) electrons. The first-order valence-corrected chi connectivity index (χ1v) is 14.4. The number of ether oxygens (including phenoxy) is 1. The van der Waals surface area contributed by atoms with Crippen molar-refractivity contribution in [2.75, 3.05) is 51.8 Å². The molecule has 1 aliphatic heterocycles. The van der Waals surface area contributed by atoms with Gasteiger partial charge in [0.15, 0.2) is 0 Å². The summed E-state index contributed by atoms with van der Waals surface area (Å²) in [6, 6.07) is 24.0. The Labute approximate surface area is 229 Å². The van der Waals surface area contributed by atoms with E-state index in [1.807, 2.05) is 60.7 Å². The lowest BCUT2D eigenvalue weighted by Crippen LogP contribution is -2.51. The molecular weight excluding hydrogens is 522 g/mol. The van der Waals surface area contributed by atoms with Crippen LogP contribution in [0.2, 0.25) is 5.02 Å².